The summed E-state index contributed by atoms with van der Waals surface area (Å²) in [6.07, 6.45) is -5.82. The summed E-state index contributed by atoms with van der Waals surface area (Å²) in [5.74, 6) is -1.82. The lowest BCUT2D eigenvalue weighted by molar-refractivity contribution is -0.384. The largest absolute Gasteiger partial charge is 0.390 e. The number of benzene rings is 1. The van der Waals surface area contributed by atoms with Crippen LogP contribution >= 0.6 is 0 Å². The third-order valence-electron chi connectivity index (χ3n) is 2.78. The second-order valence-electron chi connectivity index (χ2n) is 4.11. The van der Waals surface area contributed by atoms with Crippen molar-refractivity contribution >= 4 is 17.5 Å². The number of imide groups is 1. The molecule has 1 aromatic rings. The lowest BCUT2D eigenvalue weighted by Crippen LogP contribution is -2.33. The summed E-state index contributed by atoms with van der Waals surface area (Å²) in [5, 5.41) is 10.6. The zero-order chi connectivity index (χ0) is 15.1. The van der Waals surface area contributed by atoms with E-state index in [0.717, 1.165) is 18.2 Å². The van der Waals surface area contributed by atoms with Gasteiger partial charge in [-0.25, -0.2) is 0 Å². The Hall–Kier alpha value is -2.45. The van der Waals surface area contributed by atoms with E-state index in [2.05, 4.69) is 0 Å². The zero-order valence-electron chi connectivity index (χ0n) is 9.81. The molecule has 9 heteroatoms. The summed E-state index contributed by atoms with van der Waals surface area (Å²) < 4.78 is 36.4. The molecule has 0 unspecified atom stereocenters. The van der Waals surface area contributed by atoms with Gasteiger partial charge in [0, 0.05) is 18.7 Å². The maximum atomic E-state index is 12.1. The third-order valence-corrected chi connectivity index (χ3v) is 2.78. The fourth-order valence-corrected chi connectivity index (χ4v) is 1.83. The number of carbonyl (C=O) groups is 2. The van der Waals surface area contributed by atoms with Crippen LogP contribution < -0.4 is 0 Å². The van der Waals surface area contributed by atoms with Crippen LogP contribution in [0.2, 0.25) is 0 Å². The Morgan fingerprint density at radius 3 is 2.30 bits per heavy atom. The lowest BCUT2D eigenvalue weighted by atomic mass is 10.1. The number of carbonyl (C=O) groups excluding carboxylic acids is 2. The summed E-state index contributed by atoms with van der Waals surface area (Å²) >= 11 is 0. The minimum Gasteiger partial charge on any atom is -0.274 e. The number of non-ortho nitro benzene ring substituents is 1. The number of fused-ring (bicyclic) bond motifs is 1. The highest BCUT2D eigenvalue weighted by molar-refractivity contribution is 6.21. The molecule has 0 fully saturated rings. The Morgan fingerprint density at radius 2 is 1.75 bits per heavy atom. The third kappa shape index (κ3) is 2.46. The Kier molecular flexibility index (Phi) is 3.20. The molecule has 0 aromatic heterocycles. The van der Waals surface area contributed by atoms with Crippen molar-refractivity contribution in [3.8, 4) is 0 Å². The highest BCUT2D eigenvalue weighted by Crippen LogP contribution is 2.28. The molecule has 20 heavy (non-hydrogen) atoms. The van der Waals surface area contributed by atoms with Crippen LogP contribution in [0, 0.1) is 10.1 Å². The normalized spacial score (nSPS) is 14.7. The van der Waals surface area contributed by atoms with E-state index in [1.54, 1.807) is 0 Å². The lowest BCUT2D eigenvalue weighted by Gasteiger charge is -2.14. The van der Waals surface area contributed by atoms with E-state index in [4.69, 9.17) is 0 Å². The van der Waals surface area contributed by atoms with E-state index in [-0.39, 0.29) is 11.1 Å². The minimum atomic E-state index is -4.50. The fraction of sp³-hybridized carbons (Fsp3) is 0.273. The zero-order valence-corrected chi connectivity index (χ0v) is 9.81. The molecule has 0 spiro atoms. The first-order valence-electron chi connectivity index (χ1n) is 5.42. The number of nitrogens with zero attached hydrogens (tertiary/aromatic N) is 2. The van der Waals surface area contributed by atoms with Gasteiger partial charge in [0.05, 0.1) is 22.5 Å². The van der Waals surface area contributed by atoms with E-state index in [9.17, 15) is 32.9 Å². The molecule has 1 aromatic carbocycles. The Labute approximate surface area is 109 Å². The maximum absolute atomic E-state index is 12.1. The molecule has 1 aliphatic rings. The minimum absolute atomic E-state index is 0.122. The van der Waals surface area contributed by atoms with Crippen LogP contribution in [0.1, 0.15) is 27.1 Å². The van der Waals surface area contributed by atoms with Crippen molar-refractivity contribution in [1.29, 1.82) is 0 Å². The number of rotatable bonds is 3. The van der Waals surface area contributed by atoms with Crippen molar-refractivity contribution in [3.05, 3.63) is 39.4 Å². The van der Waals surface area contributed by atoms with Gasteiger partial charge in [-0.3, -0.25) is 24.6 Å². The highest BCUT2D eigenvalue weighted by Gasteiger charge is 2.39. The average Bonchev–Trinajstić information content (AvgIpc) is 2.58. The Morgan fingerprint density at radius 1 is 1.15 bits per heavy atom. The molecule has 1 aliphatic heterocycles. The van der Waals surface area contributed by atoms with Gasteiger partial charge in [-0.15, -0.1) is 0 Å². The van der Waals surface area contributed by atoms with Gasteiger partial charge in [-0.2, -0.15) is 13.2 Å². The van der Waals surface area contributed by atoms with Crippen molar-refractivity contribution < 1.29 is 27.7 Å². The predicted octanol–water partition coefficient (Wildman–Crippen LogP) is 2.14. The molecule has 0 saturated carbocycles. The molecule has 0 bridgehead atoms. The Balaban J connectivity index is 2.28. The molecule has 2 amide bonds. The van der Waals surface area contributed by atoms with Gasteiger partial charge >= 0.3 is 6.18 Å². The number of nitro groups is 1. The van der Waals surface area contributed by atoms with E-state index in [1.807, 2.05) is 0 Å². The number of nitro benzene ring substituents is 1. The van der Waals surface area contributed by atoms with E-state index < -0.39 is 41.6 Å². The number of amides is 2. The number of hydrogen-bond donors (Lipinski definition) is 0. The highest BCUT2D eigenvalue weighted by atomic mass is 19.4. The molecule has 0 atom stereocenters. The topological polar surface area (TPSA) is 80.5 Å². The van der Waals surface area contributed by atoms with Crippen LogP contribution in [0.3, 0.4) is 0 Å². The SMILES string of the molecule is O=C1c2ccc([N+](=O)[O-])cc2C(=O)N1CCC(F)(F)F. The first-order chi connectivity index (χ1) is 9.20. The van der Waals surface area contributed by atoms with Crippen molar-refractivity contribution in [2.24, 2.45) is 0 Å². The van der Waals surface area contributed by atoms with Crippen molar-refractivity contribution in [1.82, 2.24) is 4.90 Å². The Bertz CT molecular complexity index is 612. The number of alkyl halides is 3. The summed E-state index contributed by atoms with van der Waals surface area (Å²) in [4.78, 5) is 33.9. The summed E-state index contributed by atoms with van der Waals surface area (Å²) in [6.45, 7) is -0.802. The van der Waals surface area contributed by atoms with Crippen molar-refractivity contribution in [2.45, 2.75) is 12.6 Å². The molecule has 2 rings (SSSR count). The first-order valence-corrected chi connectivity index (χ1v) is 5.42. The van der Waals surface area contributed by atoms with Crippen molar-refractivity contribution in [2.75, 3.05) is 6.54 Å². The maximum Gasteiger partial charge on any atom is 0.390 e. The second-order valence-corrected chi connectivity index (χ2v) is 4.11. The van der Waals surface area contributed by atoms with Crippen molar-refractivity contribution in [3.63, 3.8) is 0 Å². The summed E-state index contributed by atoms with van der Waals surface area (Å²) in [6, 6.07) is 2.99. The van der Waals surface area contributed by atoms with Gasteiger partial charge in [0.25, 0.3) is 17.5 Å². The van der Waals surface area contributed by atoms with E-state index in [1.165, 1.54) is 0 Å². The van der Waals surface area contributed by atoms with Crippen LogP contribution in [0.25, 0.3) is 0 Å². The van der Waals surface area contributed by atoms with Crippen LogP contribution in [0.15, 0.2) is 18.2 Å². The predicted molar refractivity (Wildman–Crippen MR) is 59.1 cm³/mol. The van der Waals surface area contributed by atoms with Gasteiger partial charge in [0.15, 0.2) is 0 Å². The first kappa shape index (κ1) is 14.0. The van der Waals surface area contributed by atoms with Gasteiger partial charge in [0.1, 0.15) is 0 Å². The molecule has 6 nitrogen and oxygen atoms in total. The molecule has 0 aliphatic carbocycles. The second kappa shape index (κ2) is 4.58. The number of halogens is 3. The monoisotopic (exact) mass is 288 g/mol. The number of hydrogen-bond acceptors (Lipinski definition) is 4. The summed E-state index contributed by atoms with van der Waals surface area (Å²) in [5.41, 5.74) is -0.767. The van der Waals surface area contributed by atoms with Crippen LogP contribution in [-0.2, 0) is 0 Å². The molecule has 0 saturated heterocycles. The van der Waals surface area contributed by atoms with E-state index in [0.29, 0.717) is 4.90 Å². The van der Waals surface area contributed by atoms with Crippen LogP contribution in [0.5, 0.6) is 0 Å². The smallest absolute Gasteiger partial charge is 0.274 e. The molecule has 0 radical (unpaired) electrons. The standard InChI is InChI=1S/C11H7F3N2O4/c12-11(13,14)3-4-15-9(17)7-2-1-6(16(19)20)5-8(7)10(15)18/h1-2,5H,3-4H2. The van der Waals surface area contributed by atoms with Crippen LogP contribution in [-0.4, -0.2) is 34.4 Å². The van der Waals surface area contributed by atoms with Gasteiger partial charge in [-0.1, -0.05) is 0 Å². The molecular weight excluding hydrogens is 281 g/mol. The molecular formula is C11H7F3N2O4. The quantitative estimate of drug-likeness (QED) is 0.485. The van der Waals surface area contributed by atoms with Gasteiger partial charge in [0.2, 0.25) is 0 Å². The molecule has 106 valence electrons. The van der Waals surface area contributed by atoms with Gasteiger partial charge < -0.3 is 0 Å². The molecule has 0 N–H and O–H groups in total. The van der Waals surface area contributed by atoms with Crippen LogP contribution in [0.4, 0.5) is 18.9 Å². The average molecular weight is 288 g/mol. The fourth-order valence-electron chi connectivity index (χ4n) is 1.83. The summed E-state index contributed by atoms with van der Waals surface area (Å²) in [7, 11) is 0. The van der Waals surface area contributed by atoms with Gasteiger partial charge in [-0.05, 0) is 6.07 Å². The molecule has 1 heterocycles. The van der Waals surface area contributed by atoms with E-state index >= 15 is 0 Å².